The van der Waals surface area contributed by atoms with E-state index in [0.717, 1.165) is 72.0 Å². The average molecular weight is 690 g/mol. The number of benzene rings is 9. The van der Waals surface area contributed by atoms with E-state index >= 15 is 0 Å². The molecule has 0 spiro atoms. The smallest absolute Gasteiger partial charge is 0.143 e. The number of hydrogen-bond acceptors (Lipinski definition) is 2. The van der Waals surface area contributed by atoms with E-state index in [1.807, 2.05) is 0 Å². The Kier molecular flexibility index (Phi) is 7.85. The Balaban J connectivity index is 1.22. The van der Waals surface area contributed by atoms with Gasteiger partial charge in [0.25, 0.3) is 0 Å². The van der Waals surface area contributed by atoms with Crippen LogP contribution >= 0.6 is 0 Å². The van der Waals surface area contributed by atoms with Gasteiger partial charge in [-0.3, -0.25) is 0 Å². The summed E-state index contributed by atoms with van der Waals surface area (Å²) >= 11 is 0. The van der Waals surface area contributed by atoms with Crippen LogP contribution in [0.4, 0.5) is 17.1 Å². The number of fused-ring (bicyclic) bond motifs is 5. The molecule has 0 fully saturated rings. The molecule has 0 unspecified atom stereocenters. The van der Waals surface area contributed by atoms with Gasteiger partial charge in [-0.15, -0.1) is 0 Å². The highest BCUT2D eigenvalue weighted by atomic mass is 16.3. The second-order valence-electron chi connectivity index (χ2n) is 13.7. The zero-order valence-corrected chi connectivity index (χ0v) is 29.6. The molecular weight excluding hydrogens is 655 g/mol. The van der Waals surface area contributed by atoms with Crippen LogP contribution in [0.2, 0.25) is 0 Å². The van der Waals surface area contributed by atoms with Gasteiger partial charge in [0.2, 0.25) is 0 Å². The van der Waals surface area contributed by atoms with Crippen molar-refractivity contribution in [1.29, 1.82) is 0 Å². The monoisotopic (exact) mass is 689 g/mol. The van der Waals surface area contributed by atoms with E-state index in [-0.39, 0.29) is 0 Å². The molecule has 2 heteroatoms. The van der Waals surface area contributed by atoms with E-state index in [2.05, 4.69) is 217 Å². The Morgan fingerprint density at radius 1 is 0.296 bits per heavy atom. The molecular formula is C52H35NO. The SMILES string of the molecule is c1ccc(-c2ccc(N(c3ccc(-c4ccccc4)cc3)c3cc4c5ccc(-c6ccccc6)c(-c6ccccc6)c5oc4c4ccccc34)cc2)cc1. The summed E-state index contributed by atoms with van der Waals surface area (Å²) in [6.45, 7) is 0. The van der Waals surface area contributed by atoms with Crippen LogP contribution in [0.1, 0.15) is 0 Å². The lowest BCUT2D eigenvalue weighted by atomic mass is 9.92. The van der Waals surface area contributed by atoms with Crippen molar-refractivity contribution >= 4 is 49.8 Å². The molecule has 0 saturated heterocycles. The average Bonchev–Trinajstić information content (AvgIpc) is 3.64. The van der Waals surface area contributed by atoms with Gasteiger partial charge in [0, 0.05) is 38.5 Å². The molecule has 0 atom stereocenters. The van der Waals surface area contributed by atoms with Crippen molar-refractivity contribution < 1.29 is 4.42 Å². The molecule has 10 aromatic rings. The molecule has 1 aromatic heterocycles. The second kappa shape index (κ2) is 13.4. The molecule has 254 valence electrons. The second-order valence-corrected chi connectivity index (χ2v) is 13.7. The molecule has 0 aliphatic carbocycles. The van der Waals surface area contributed by atoms with Crippen molar-refractivity contribution in [2.75, 3.05) is 4.90 Å². The quantitative estimate of drug-likeness (QED) is 0.166. The fraction of sp³-hybridized carbons (Fsp3) is 0. The molecule has 0 bridgehead atoms. The highest BCUT2D eigenvalue weighted by Gasteiger charge is 2.23. The van der Waals surface area contributed by atoms with Gasteiger partial charge in [0.05, 0.1) is 5.69 Å². The van der Waals surface area contributed by atoms with Crippen LogP contribution in [0.25, 0.3) is 77.2 Å². The predicted molar refractivity (Wildman–Crippen MR) is 228 cm³/mol. The third-order valence-corrected chi connectivity index (χ3v) is 10.5. The predicted octanol–water partition coefficient (Wildman–Crippen LogP) is 14.9. The normalized spacial score (nSPS) is 11.3. The van der Waals surface area contributed by atoms with Crippen LogP contribution in [0.5, 0.6) is 0 Å². The van der Waals surface area contributed by atoms with Gasteiger partial charge in [-0.05, 0) is 75.3 Å². The van der Waals surface area contributed by atoms with Gasteiger partial charge in [0.15, 0.2) is 0 Å². The number of rotatable bonds is 7. The maximum absolute atomic E-state index is 7.07. The summed E-state index contributed by atoms with van der Waals surface area (Å²) in [5.74, 6) is 0. The van der Waals surface area contributed by atoms with Gasteiger partial charge in [-0.25, -0.2) is 0 Å². The maximum Gasteiger partial charge on any atom is 0.143 e. The lowest BCUT2D eigenvalue weighted by Crippen LogP contribution is -2.10. The molecule has 0 aliphatic heterocycles. The van der Waals surface area contributed by atoms with Crippen molar-refractivity contribution in [3.63, 3.8) is 0 Å². The van der Waals surface area contributed by atoms with E-state index in [1.54, 1.807) is 0 Å². The van der Waals surface area contributed by atoms with Crippen LogP contribution in [0, 0.1) is 0 Å². The van der Waals surface area contributed by atoms with Crippen molar-refractivity contribution in [3.8, 4) is 44.5 Å². The molecule has 0 radical (unpaired) electrons. The lowest BCUT2D eigenvalue weighted by Gasteiger charge is -2.27. The maximum atomic E-state index is 7.07. The molecule has 0 amide bonds. The number of hydrogen-bond donors (Lipinski definition) is 0. The first-order chi connectivity index (χ1) is 26.8. The van der Waals surface area contributed by atoms with Crippen molar-refractivity contribution in [3.05, 3.63) is 212 Å². The van der Waals surface area contributed by atoms with Gasteiger partial charge in [0.1, 0.15) is 11.2 Å². The van der Waals surface area contributed by atoms with Crippen molar-refractivity contribution in [2.24, 2.45) is 0 Å². The minimum absolute atomic E-state index is 0.894. The van der Waals surface area contributed by atoms with E-state index in [1.165, 1.54) is 22.3 Å². The van der Waals surface area contributed by atoms with Gasteiger partial charge < -0.3 is 9.32 Å². The van der Waals surface area contributed by atoms with Crippen molar-refractivity contribution in [2.45, 2.75) is 0 Å². The van der Waals surface area contributed by atoms with Gasteiger partial charge in [-0.2, -0.15) is 0 Å². The van der Waals surface area contributed by atoms with Crippen LogP contribution in [-0.4, -0.2) is 0 Å². The zero-order valence-electron chi connectivity index (χ0n) is 29.6. The summed E-state index contributed by atoms with van der Waals surface area (Å²) in [5.41, 5.74) is 14.3. The topological polar surface area (TPSA) is 16.4 Å². The third kappa shape index (κ3) is 5.53. The van der Waals surface area contributed by atoms with E-state index in [0.29, 0.717) is 0 Å². The highest BCUT2D eigenvalue weighted by Crippen LogP contribution is 2.48. The largest absolute Gasteiger partial charge is 0.455 e. The highest BCUT2D eigenvalue weighted by molar-refractivity contribution is 6.22. The first-order valence-corrected chi connectivity index (χ1v) is 18.4. The summed E-state index contributed by atoms with van der Waals surface area (Å²) < 4.78 is 7.07. The summed E-state index contributed by atoms with van der Waals surface area (Å²) in [6.07, 6.45) is 0. The Morgan fingerprint density at radius 2 is 0.722 bits per heavy atom. The van der Waals surface area contributed by atoms with Gasteiger partial charge >= 0.3 is 0 Å². The fourth-order valence-corrected chi connectivity index (χ4v) is 7.87. The zero-order chi connectivity index (χ0) is 35.8. The molecule has 54 heavy (non-hydrogen) atoms. The lowest BCUT2D eigenvalue weighted by molar-refractivity contribution is 0.674. The summed E-state index contributed by atoms with van der Waals surface area (Å²) in [4.78, 5) is 2.39. The van der Waals surface area contributed by atoms with Crippen LogP contribution < -0.4 is 4.90 Å². The molecule has 0 aliphatic rings. The minimum Gasteiger partial charge on any atom is -0.455 e. The Bertz CT molecular complexity index is 2800. The van der Waals surface area contributed by atoms with Gasteiger partial charge in [-0.1, -0.05) is 176 Å². The van der Waals surface area contributed by atoms with E-state index in [4.69, 9.17) is 4.42 Å². The first-order valence-electron chi connectivity index (χ1n) is 18.4. The van der Waals surface area contributed by atoms with E-state index in [9.17, 15) is 0 Å². The molecule has 0 N–H and O–H groups in total. The standard InChI is InChI=1S/C52H35NO/c1-5-15-36(16-6-1)38-25-29-42(30-26-38)53(43-31-27-39(28-32-43)37-17-7-2-8-18-37)49-35-48-47-34-33-44(40-19-9-3-10-20-40)50(41-21-11-4-12-22-41)52(47)54-51(48)46-24-14-13-23-45(46)49/h1-35H. The summed E-state index contributed by atoms with van der Waals surface area (Å²) in [6, 6.07) is 75.7. The summed E-state index contributed by atoms with van der Waals surface area (Å²) in [7, 11) is 0. The van der Waals surface area contributed by atoms with Crippen LogP contribution in [-0.2, 0) is 0 Å². The number of anilines is 3. The van der Waals surface area contributed by atoms with E-state index < -0.39 is 0 Å². The molecule has 2 nitrogen and oxygen atoms in total. The molecule has 9 aromatic carbocycles. The fourth-order valence-electron chi connectivity index (χ4n) is 7.87. The molecule has 10 rings (SSSR count). The van der Waals surface area contributed by atoms with Crippen LogP contribution in [0.3, 0.4) is 0 Å². The minimum atomic E-state index is 0.894. The van der Waals surface area contributed by atoms with Crippen molar-refractivity contribution in [1.82, 2.24) is 0 Å². The molecule has 1 heterocycles. The van der Waals surface area contributed by atoms with Crippen LogP contribution in [0.15, 0.2) is 217 Å². The number of nitrogens with zero attached hydrogens (tertiary/aromatic N) is 1. The Hall–Kier alpha value is -7.16. The summed E-state index contributed by atoms with van der Waals surface area (Å²) in [5, 5.41) is 4.37. The number of furan rings is 1. The third-order valence-electron chi connectivity index (χ3n) is 10.5. The molecule has 0 saturated carbocycles. The Morgan fingerprint density at radius 3 is 1.26 bits per heavy atom. The first kappa shape index (κ1) is 31.6. The Labute approximate surface area is 314 Å².